The Kier molecular flexibility index (Phi) is 9.59. The summed E-state index contributed by atoms with van der Waals surface area (Å²) < 4.78 is 0. The number of imidazole rings is 1. The van der Waals surface area contributed by atoms with Crippen LogP contribution in [0, 0.1) is 12.8 Å². The van der Waals surface area contributed by atoms with Gasteiger partial charge in [-0.15, -0.1) is 24.8 Å². The number of likely N-dealkylation sites (tertiary alicyclic amines) is 1. The first kappa shape index (κ1) is 25.4. The standard InChI is InChI=1S/C22H31N5O2.2ClH/c1-15-5-2-7-17-21(15)26-19(25-17)9-10-20(28)27-12-4-6-16(14-27)13-24-22(29)18-8-3-11-23-18;;/h2,5,7,16,18,23H,3-4,6,8-14H2,1H3,(H,24,29)(H,25,26);2*1H. The van der Waals surface area contributed by atoms with Crippen LogP contribution in [0.2, 0.25) is 0 Å². The molecule has 2 aliphatic heterocycles. The second-order valence-electron chi connectivity index (χ2n) is 8.40. The van der Waals surface area contributed by atoms with Crippen LogP contribution >= 0.6 is 24.8 Å². The van der Waals surface area contributed by atoms with Gasteiger partial charge in [-0.05, 0) is 56.7 Å². The van der Waals surface area contributed by atoms with Crippen LogP contribution in [-0.4, -0.2) is 58.9 Å². The minimum Gasteiger partial charge on any atom is -0.354 e. The molecular formula is C22H33Cl2N5O2. The molecule has 0 radical (unpaired) electrons. The van der Waals surface area contributed by atoms with E-state index in [2.05, 4.69) is 20.6 Å². The smallest absolute Gasteiger partial charge is 0.237 e. The third-order valence-corrected chi connectivity index (χ3v) is 6.15. The molecule has 172 valence electrons. The van der Waals surface area contributed by atoms with Crippen molar-refractivity contribution in [3.05, 3.63) is 29.6 Å². The number of rotatable bonds is 6. The number of piperidine rings is 1. The molecule has 1 aromatic heterocycles. The van der Waals surface area contributed by atoms with Crippen molar-refractivity contribution in [3.63, 3.8) is 0 Å². The summed E-state index contributed by atoms with van der Waals surface area (Å²) in [6.45, 7) is 5.18. The number of halogens is 2. The van der Waals surface area contributed by atoms with E-state index in [1.54, 1.807) is 0 Å². The Morgan fingerprint density at radius 2 is 2.06 bits per heavy atom. The van der Waals surface area contributed by atoms with Gasteiger partial charge in [0.25, 0.3) is 0 Å². The maximum absolute atomic E-state index is 12.7. The van der Waals surface area contributed by atoms with Crippen LogP contribution in [0.4, 0.5) is 0 Å². The van der Waals surface area contributed by atoms with E-state index < -0.39 is 0 Å². The molecule has 2 atom stereocenters. The number of nitrogens with zero attached hydrogens (tertiary/aromatic N) is 2. The van der Waals surface area contributed by atoms with Crippen LogP contribution < -0.4 is 10.6 Å². The highest BCUT2D eigenvalue weighted by atomic mass is 35.5. The Morgan fingerprint density at radius 1 is 1.23 bits per heavy atom. The van der Waals surface area contributed by atoms with Crippen molar-refractivity contribution in [2.75, 3.05) is 26.2 Å². The zero-order chi connectivity index (χ0) is 20.2. The summed E-state index contributed by atoms with van der Waals surface area (Å²) in [5.41, 5.74) is 3.16. The summed E-state index contributed by atoms with van der Waals surface area (Å²) in [4.78, 5) is 34.9. The van der Waals surface area contributed by atoms with Gasteiger partial charge in [0.2, 0.25) is 11.8 Å². The van der Waals surface area contributed by atoms with E-state index in [-0.39, 0.29) is 42.7 Å². The number of benzene rings is 1. The minimum atomic E-state index is -0.0382. The lowest BCUT2D eigenvalue weighted by molar-refractivity contribution is -0.133. The van der Waals surface area contributed by atoms with Crippen LogP contribution in [0.25, 0.3) is 11.0 Å². The number of aromatic amines is 1. The van der Waals surface area contributed by atoms with Crippen molar-refractivity contribution in [2.24, 2.45) is 5.92 Å². The number of H-pyrrole nitrogens is 1. The van der Waals surface area contributed by atoms with Gasteiger partial charge >= 0.3 is 0 Å². The molecule has 0 spiro atoms. The predicted octanol–water partition coefficient (Wildman–Crippen LogP) is 2.75. The van der Waals surface area contributed by atoms with Gasteiger partial charge in [-0.3, -0.25) is 9.59 Å². The number of carbonyl (C=O) groups is 2. The third kappa shape index (κ3) is 6.34. The fourth-order valence-corrected chi connectivity index (χ4v) is 4.46. The Bertz CT molecular complexity index is 882. The van der Waals surface area contributed by atoms with Gasteiger partial charge in [-0.2, -0.15) is 0 Å². The molecule has 1 aromatic carbocycles. The first-order valence-corrected chi connectivity index (χ1v) is 10.8. The SMILES string of the molecule is Cc1cccc2[nH]c(CCC(=O)N3CCCC(CNC(=O)C4CCCN4)C3)nc12.Cl.Cl. The Balaban J connectivity index is 0.00000171. The quantitative estimate of drug-likeness (QED) is 0.606. The van der Waals surface area contributed by atoms with E-state index in [0.717, 1.165) is 67.7 Å². The molecule has 2 aliphatic rings. The molecule has 0 saturated carbocycles. The Morgan fingerprint density at radius 3 is 2.81 bits per heavy atom. The number of aryl methyl sites for hydroxylation is 2. The number of carbonyl (C=O) groups excluding carboxylic acids is 2. The highest BCUT2D eigenvalue weighted by Gasteiger charge is 2.26. The molecule has 2 saturated heterocycles. The lowest BCUT2D eigenvalue weighted by Gasteiger charge is -2.33. The fraction of sp³-hybridized carbons (Fsp3) is 0.591. The van der Waals surface area contributed by atoms with Crippen LogP contribution in [0.5, 0.6) is 0 Å². The van der Waals surface area contributed by atoms with Crippen LogP contribution in [0.3, 0.4) is 0 Å². The summed E-state index contributed by atoms with van der Waals surface area (Å²) in [7, 11) is 0. The number of nitrogens with one attached hydrogen (secondary N) is 3. The molecule has 3 heterocycles. The summed E-state index contributed by atoms with van der Waals surface area (Å²) in [5, 5.41) is 6.31. The number of hydrogen-bond donors (Lipinski definition) is 3. The van der Waals surface area contributed by atoms with E-state index in [1.165, 1.54) is 0 Å². The van der Waals surface area contributed by atoms with Gasteiger partial charge in [0.15, 0.2) is 0 Å². The number of fused-ring (bicyclic) bond motifs is 1. The Hall–Kier alpha value is -1.83. The molecule has 0 aliphatic carbocycles. The average Bonchev–Trinajstić information content (AvgIpc) is 3.41. The van der Waals surface area contributed by atoms with E-state index in [4.69, 9.17) is 0 Å². The second kappa shape index (κ2) is 11.7. The van der Waals surface area contributed by atoms with Crippen molar-refractivity contribution in [1.29, 1.82) is 0 Å². The first-order valence-electron chi connectivity index (χ1n) is 10.8. The van der Waals surface area contributed by atoms with Gasteiger partial charge in [0.05, 0.1) is 17.1 Å². The first-order chi connectivity index (χ1) is 14.1. The number of aromatic nitrogens is 2. The summed E-state index contributed by atoms with van der Waals surface area (Å²) >= 11 is 0. The van der Waals surface area contributed by atoms with Crippen molar-refractivity contribution in [1.82, 2.24) is 25.5 Å². The molecule has 31 heavy (non-hydrogen) atoms. The summed E-state index contributed by atoms with van der Waals surface area (Å²) in [6.07, 6.45) is 5.13. The lowest BCUT2D eigenvalue weighted by atomic mass is 9.97. The molecule has 2 amide bonds. The van der Waals surface area contributed by atoms with Crippen LogP contribution in [0.15, 0.2) is 18.2 Å². The topological polar surface area (TPSA) is 90.1 Å². The summed E-state index contributed by atoms with van der Waals surface area (Å²) in [5.74, 6) is 1.49. The zero-order valence-electron chi connectivity index (χ0n) is 18.0. The zero-order valence-corrected chi connectivity index (χ0v) is 19.6. The molecule has 2 unspecified atom stereocenters. The van der Waals surface area contributed by atoms with Gasteiger partial charge in [-0.1, -0.05) is 12.1 Å². The third-order valence-electron chi connectivity index (χ3n) is 6.15. The van der Waals surface area contributed by atoms with Gasteiger partial charge in [-0.25, -0.2) is 4.98 Å². The second-order valence-corrected chi connectivity index (χ2v) is 8.40. The number of amides is 2. The summed E-state index contributed by atoms with van der Waals surface area (Å²) in [6, 6.07) is 6.04. The number of hydrogen-bond acceptors (Lipinski definition) is 4. The minimum absolute atomic E-state index is 0. The molecule has 4 rings (SSSR count). The average molecular weight is 470 g/mol. The van der Waals surface area contributed by atoms with E-state index in [1.807, 2.05) is 30.0 Å². The van der Waals surface area contributed by atoms with Crippen LogP contribution in [0.1, 0.15) is 43.5 Å². The highest BCUT2D eigenvalue weighted by Crippen LogP contribution is 2.19. The lowest BCUT2D eigenvalue weighted by Crippen LogP contribution is -2.46. The predicted molar refractivity (Wildman–Crippen MR) is 127 cm³/mol. The normalized spacial score (nSPS) is 20.7. The molecule has 0 bridgehead atoms. The maximum atomic E-state index is 12.7. The van der Waals surface area contributed by atoms with Gasteiger partial charge in [0, 0.05) is 32.5 Å². The molecule has 7 nitrogen and oxygen atoms in total. The van der Waals surface area contributed by atoms with E-state index in [0.29, 0.717) is 25.3 Å². The van der Waals surface area contributed by atoms with E-state index >= 15 is 0 Å². The van der Waals surface area contributed by atoms with Gasteiger partial charge in [0.1, 0.15) is 5.82 Å². The molecule has 2 aromatic rings. The van der Waals surface area contributed by atoms with Crippen LogP contribution in [-0.2, 0) is 16.0 Å². The van der Waals surface area contributed by atoms with Gasteiger partial charge < -0.3 is 20.5 Å². The number of para-hydroxylation sites is 1. The molecule has 9 heteroatoms. The largest absolute Gasteiger partial charge is 0.354 e. The molecule has 2 fully saturated rings. The highest BCUT2D eigenvalue weighted by molar-refractivity contribution is 5.85. The Labute approximate surface area is 195 Å². The van der Waals surface area contributed by atoms with Crippen molar-refractivity contribution >= 4 is 47.7 Å². The monoisotopic (exact) mass is 469 g/mol. The van der Waals surface area contributed by atoms with Crippen molar-refractivity contribution in [2.45, 2.75) is 51.5 Å². The van der Waals surface area contributed by atoms with Crippen molar-refractivity contribution in [3.8, 4) is 0 Å². The fourth-order valence-electron chi connectivity index (χ4n) is 4.46. The maximum Gasteiger partial charge on any atom is 0.237 e. The van der Waals surface area contributed by atoms with E-state index in [9.17, 15) is 9.59 Å². The molecular weight excluding hydrogens is 437 g/mol. The molecule has 3 N–H and O–H groups in total. The van der Waals surface area contributed by atoms with Crippen molar-refractivity contribution < 1.29 is 9.59 Å².